The van der Waals surface area contributed by atoms with Crippen molar-refractivity contribution in [2.75, 3.05) is 59.4 Å². The molecule has 2 bridgehead atoms. The van der Waals surface area contributed by atoms with Crippen molar-refractivity contribution < 1.29 is 0 Å². The van der Waals surface area contributed by atoms with Crippen molar-refractivity contribution in [1.82, 2.24) is 29.7 Å². The van der Waals surface area contributed by atoms with Crippen molar-refractivity contribution in [3.8, 4) is 10.6 Å². The average Bonchev–Trinajstić information content (AvgIpc) is 3.50. The quantitative estimate of drug-likeness (QED) is 0.603. The molecule has 6 nitrogen and oxygen atoms in total. The SMILES string of the molecule is C=C/C(=C\C=C\c1ccc(-c2cn([C@H]3CN4CCC3CC4)nn2)s1)CN1CCN(C)CC1. The summed E-state index contributed by atoms with van der Waals surface area (Å²) in [4.78, 5) is 9.87. The minimum absolute atomic E-state index is 0.487. The Kier molecular flexibility index (Phi) is 6.69. The van der Waals surface area contributed by atoms with Crippen LogP contribution in [-0.2, 0) is 0 Å². The number of hydrogen-bond acceptors (Lipinski definition) is 6. The van der Waals surface area contributed by atoms with Gasteiger partial charge in [0.1, 0.15) is 5.69 Å². The number of rotatable bonds is 7. The molecule has 4 saturated heterocycles. The number of allylic oxidation sites excluding steroid dienone is 2. The van der Waals surface area contributed by atoms with Crippen LogP contribution in [0.3, 0.4) is 0 Å². The van der Waals surface area contributed by atoms with E-state index in [0.29, 0.717) is 6.04 Å². The molecule has 0 N–H and O–H groups in total. The topological polar surface area (TPSA) is 40.4 Å². The first-order valence-electron chi connectivity index (χ1n) is 11.8. The molecular weight excluding hydrogens is 416 g/mol. The molecule has 2 aromatic heterocycles. The van der Waals surface area contributed by atoms with E-state index >= 15 is 0 Å². The molecule has 6 heterocycles. The number of nitrogens with zero attached hydrogens (tertiary/aromatic N) is 6. The van der Waals surface area contributed by atoms with Crippen molar-refractivity contribution in [2.45, 2.75) is 18.9 Å². The van der Waals surface area contributed by atoms with Crippen LogP contribution in [0.25, 0.3) is 16.6 Å². The van der Waals surface area contributed by atoms with E-state index in [1.807, 2.05) is 6.08 Å². The summed E-state index contributed by atoms with van der Waals surface area (Å²) in [5.41, 5.74) is 2.26. The van der Waals surface area contributed by atoms with Gasteiger partial charge in [0.2, 0.25) is 0 Å². The van der Waals surface area contributed by atoms with Crippen molar-refractivity contribution in [3.05, 3.63) is 53.6 Å². The minimum Gasteiger partial charge on any atom is -0.304 e. The first-order chi connectivity index (χ1) is 15.7. The number of aromatic nitrogens is 3. The summed E-state index contributed by atoms with van der Waals surface area (Å²) < 4.78 is 2.12. The lowest BCUT2D eigenvalue weighted by Gasteiger charge is -2.44. The Morgan fingerprint density at radius 3 is 2.69 bits per heavy atom. The molecule has 4 aliphatic rings. The highest BCUT2D eigenvalue weighted by molar-refractivity contribution is 7.16. The Labute approximate surface area is 195 Å². The lowest BCUT2D eigenvalue weighted by molar-refractivity contribution is 0.0504. The molecule has 170 valence electrons. The van der Waals surface area contributed by atoms with Gasteiger partial charge >= 0.3 is 0 Å². The summed E-state index contributed by atoms with van der Waals surface area (Å²) in [6, 6.07) is 4.82. The van der Waals surface area contributed by atoms with Crippen molar-refractivity contribution >= 4 is 17.4 Å². The highest BCUT2D eigenvalue weighted by Crippen LogP contribution is 2.36. The highest BCUT2D eigenvalue weighted by atomic mass is 32.1. The predicted molar refractivity (Wildman–Crippen MR) is 133 cm³/mol. The summed E-state index contributed by atoms with van der Waals surface area (Å²) in [7, 11) is 2.19. The van der Waals surface area contributed by atoms with Gasteiger partial charge < -0.3 is 9.80 Å². The zero-order valence-electron chi connectivity index (χ0n) is 19.1. The molecular formula is C25H34N6S. The molecule has 0 aromatic carbocycles. The van der Waals surface area contributed by atoms with Crippen LogP contribution in [0.2, 0.25) is 0 Å². The first kappa shape index (κ1) is 21.8. The number of hydrogen-bond donors (Lipinski definition) is 0. The standard InChI is InChI=1S/C25H34N6S/c1-3-20(17-30-15-13-28(2)14-16-30)5-4-6-22-7-8-25(32-22)23-18-31(27-26-23)24-19-29-11-9-21(24)10-12-29/h3-8,18,21,24H,1,9-17,19H2,2H3/b6-4+,20-5+/t24-/m0/s1. The second-order valence-corrected chi connectivity index (χ2v) is 10.5. The summed E-state index contributed by atoms with van der Waals surface area (Å²) in [6.45, 7) is 13.1. The molecule has 6 rings (SSSR count). The van der Waals surface area contributed by atoms with E-state index in [-0.39, 0.29) is 0 Å². The van der Waals surface area contributed by atoms with Crippen molar-refractivity contribution in [2.24, 2.45) is 5.92 Å². The second kappa shape index (κ2) is 9.83. The Balaban J connectivity index is 1.20. The Morgan fingerprint density at radius 1 is 1.16 bits per heavy atom. The third-order valence-electron chi connectivity index (χ3n) is 7.19. The van der Waals surface area contributed by atoms with Gasteiger partial charge in [0.05, 0.1) is 17.1 Å². The Bertz CT molecular complexity index is 972. The molecule has 0 aliphatic carbocycles. The summed E-state index contributed by atoms with van der Waals surface area (Å²) in [5.74, 6) is 0.757. The average molecular weight is 451 g/mol. The van der Waals surface area contributed by atoms with Crippen LogP contribution in [0.15, 0.2) is 48.7 Å². The maximum absolute atomic E-state index is 4.50. The van der Waals surface area contributed by atoms with E-state index in [9.17, 15) is 0 Å². The zero-order valence-corrected chi connectivity index (χ0v) is 19.9. The monoisotopic (exact) mass is 450 g/mol. The fraction of sp³-hybridized carbons (Fsp3) is 0.520. The number of likely N-dealkylation sites (N-methyl/N-ethyl adjacent to an activating group) is 1. The third kappa shape index (κ3) is 4.96. The molecule has 0 spiro atoms. The van der Waals surface area contributed by atoms with Gasteiger partial charge in [-0.15, -0.1) is 16.4 Å². The molecule has 0 radical (unpaired) electrons. The van der Waals surface area contributed by atoms with Gasteiger partial charge in [-0.1, -0.05) is 30.0 Å². The largest absolute Gasteiger partial charge is 0.304 e. The summed E-state index contributed by atoms with van der Waals surface area (Å²) in [5, 5.41) is 9.00. The lowest BCUT2D eigenvalue weighted by Crippen LogP contribution is -2.48. The maximum Gasteiger partial charge on any atom is 0.123 e. The molecule has 2 aromatic rings. The predicted octanol–water partition coefficient (Wildman–Crippen LogP) is 3.65. The van der Waals surface area contributed by atoms with E-state index in [0.717, 1.165) is 50.9 Å². The van der Waals surface area contributed by atoms with Crippen LogP contribution in [0.4, 0.5) is 0 Å². The Hall–Kier alpha value is -2.06. The zero-order chi connectivity index (χ0) is 21.9. The second-order valence-electron chi connectivity index (χ2n) is 9.38. The van der Waals surface area contributed by atoms with Crippen LogP contribution in [0.1, 0.15) is 23.8 Å². The highest BCUT2D eigenvalue weighted by Gasteiger charge is 2.35. The fourth-order valence-corrected chi connectivity index (χ4v) is 5.95. The number of thiophene rings is 1. The Morgan fingerprint density at radius 2 is 1.97 bits per heavy atom. The van der Waals surface area contributed by atoms with Crippen LogP contribution in [0, 0.1) is 5.92 Å². The molecule has 0 amide bonds. The molecule has 7 heteroatoms. The van der Waals surface area contributed by atoms with Gasteiger partial charge in [0, 0.05) is 44.1 Å². The van der Waals surface area contributed by atoms with E-state index in [1.165, 1.54) is 41.3 Å². The lowest BCUT2D eigenvalue weighted by atomic mass is 9.84. The normalized spacial score (nSPS) is 27.4. The summed E-state index contributed by atoms with van der Waals surface area (Å²) >= 11 is 1.77. The molecule has 1 atom stereocenters. The molecule has 32 heavy (non-hydrogen) atoms. The molecule has 0 unspecified atom stereocenters. The maximum atomic E-state index is 4.50. The van der Waals surface area contributed by atoms with E-state index < -0.39 is 0 Å². The fourth-order valence-electron chi connectivity index (χ4n) is 5.08. The van der Waals surface area contributed by atoms with E-state index in [4.69, 9.17) is 0 Å². The third-order valence-corrected chi connectivity index (χ3v) is 8.26. The van der Waals surface area contributed by atoms with Crippen molar-refractivity contribution in [1.29, 1.82) is 0 Å². The van der Waals surface area contributed by atoms with Gasteiger partial charge in [-0.3, -0.25) is 4.90 Å². The first-order valence-corrected chi connectivity index (χ1v) is 12.6. The molecule has 4 aliphatic heterocycles. The number of piperidine rings is 3. The van der Waals surface area contributed by atoms with Crippen LogP contribution < -0.4 is 0 Å². The molecule has 4 fully saturated rings. The minimum atomic E-state index is 0.487. The van der Waals surface area contributed by atoms with Crippen LogP contribution >= 0.6 is 11.3 Å². The molecule has 0 saturated carbocycles. The number of piperazine rings is 1. The van der Waals surface area contributed by atoms with Crippen molar-refractivity contribution in [3.63, 3.8) is 0 Å². The van der Waals surface area contributed by atoms with Gasteiger partial charge in [-0.05, 0) is 62.7 Å². The number of fused-ring (bicyclic) bond motifs is 3. The van der Waals surface area contributed by atoms with Gasteiger partial charge in [0.25, 0.3) is 0 Å². The van der Waals surface area contributed by atoms with E-state index in [1.54, 1.807) is 11.3 Å². The smallest absolute Gasteiger partial charge is 0.123 e. The van der Waals surface area contributed by atoms with E-state index in [2.05, 4.69) is 79.9 Å². The van der Waals surface area contributed by atoms with Gasteiger partial charge in [-0.25, -0.2) is 4.68 Å². The van der Waals surface area contributed by atoms with Gasteiger partial charge in [-0.2, -0.15) is 0 Å². The van der Waals surface area contributed by atoms with Crippen LogP contribution in [-0.4, -0.2) is 89.1 Å². The summed E-state index contributed by atoms with van der Waals surface area (Å²) in [6.07, 6.45) is 13.2. The van der Waals surface area contributed by atoms with Crippen LogP contribution in [0.5, 0.6) is 0 Å². The van der Waals surface area contributed by atoms with Gasteiger partial charge in [0.15, 0.2) is 0 Å².